The molecule has 0 unspecified atom stereocenters. The van der Waals surface area contributed by atoms with Gasteiger partial charge in [0.15, 0.2) is 0 Å². The Bertz CT molecular complexity index is 499. The van der Waals surface area contributed by atoms with E-state index in [9.17, 15) is 10.2 Å². The Balaban J connectivity index is 2.49. The largest absolute Gasteiger partial charge is 0.507 e. The highest BCUT2D eigenvalue weighted by Gasteiger charge is 2.37. The number of nitrogens with zero attached hydrogens (tertiary/aromatic N) is 1. The van der Waals surface area contributed by atoms with E-state index >= 15 is 0 Å². The maximum atomic E-state index is 10.5. The zero-order valence-corrected chi connectivity index (χ0v) is 13.7. The maximum Gasteiger partial charge on any atom is 0.123 e. The fourth-order valence-corrected chi connectivity index (χ4v) is 3.39. The number of aliphatic hydroxyl groups excluding tert-OH is 1. The number of nitrogens with one attached hydrogen (secondary N) is 1. The zero-order chi connectivity index (χ0) is 15.6. The number of benzene rings is 1. The highest BCUT2D eigenvalue weighted by molar-refractivity contribution is 6.30. The second kappa shape index (κ2) is 6.53. The lowest BCUT2D eigenvalue weighted by Crippen LogP contribution is -2.49. The number of halogens is 1. The molecule has 0 radical (unpaired) electrons. The summed E-state index contributed by atoms with van der Waals surface area (Å²) >= 11 is 6.19. The van der Waals surface area contributed by atoms with Crippen molar-refractivity contribution in [1.82, 2.24) is 10.2 Å². The van der Waals surface area contributed by atoms with Gasteiger partial charge < -0.3 is 15.5 Å². The molecule has 1 saturated heterocycles. The minimum Gasteiger partial charge on any atom is -0.507 e. The number of hydrogen-bond donors (Lipinski definition) is 3. The molecular formula is C16H25ClN2O2. The smallest absolute Gasteiger partial charge is 0.123 e. The number of phenols is 1. The lowest BCUT2D eigenvalue weighted by atomic mass is 9.79. The molecule has 1 aromatic rings. The second-order valence-corrected chi connectivity index (χ2v) is 6.93. The van der Waals surface area contributed by atoms with E-state index < -0.39 is 0 Å². The average Bonchev–Trinajstić information content (AvgIpc) is 2.45. The van der Waals surface area contributed by atoms with E-state index in [0.29, 0.717) is 5.02 Å². The van der Waals surface area contributed by atoms with Crippen LogP contribution in [0.3, 0.4) is 0 Å². The van der Waals surface area contributed by atoms with Crippen LogP contribution in [0.5, 0.6) is 5.75 Å². The topological polar surface area (TPSA) is 55.7 Å². The Morgan fingerprint density at radius 1 is 1.33 bits per heavy atom. The minimum absolute atomic E-state index is 0.0482. The van der Waals surface area contributed by atoms with Gasteiger partial charge in [-0.15, -0.1) is 0 Å². The Morgan fingerprint density at radius 3 is 2.52 bits per heavy atom. The molecule has 1 heterocycles. The summed E-state index contributed by atoms with van der Waals surface area (Å²) in [4.78, 5) is 2.32. The fraction of sp³-hybridized carbons (Fsp3) is 0.625. The van der Waals surface area contributed by atoms with Gasteiger partial charge in [0.2, 0.25) is 0 Å². The lowest BCUT2D eigenvalue weighted by Gasteiger charge is -2.43. The van der Waals surface area contributed by atoms with Crippen molar-refractivity contribution in [2.24, 2.45) is 5.41 Å². The van der Waals surface area contributed by atoms with E-state index in [1.54, 1.807) is 6.07 Å². The molecule has 5 heteroatoms. The summed E-state index contributed by atoms with van der Waals surface area (Å²) < 4.78 is 0. The van der Waals surface area contributed by atoms with Gasteiger partial charge in [-0.2, -0.15) is 0 Å². The number of rotatable bonds is 4. The molecular weight excluding hydrogens is 288 g/mol. The molecule has 2 rings (SSSR count). The van der Waals surface area contributed by atoms with Crippen molar-refractivity contribution in [2.75, 3.05) is 32.8 Å². The summed E-state index contributed by atoms with van der Waals surface area (Å²) in [5.41, 5.74) is 1.21. The molecule has 118 valence electrons. The average molecular weight is 313 g/mol. The fourth-order valence-electron chi connectivity index (χ4n) is 3.11. The first-order valence-corrected chi connectivity index (χ1v) is 7.79. The van der Waals surface area contributed by atoms with Crippen LogP contribution in [0.2, 0.25) is 5.02 Å². The third-order valence-electron chi connectivity index (χ3n) is 4.25. The summed E-state index contributed by atoms with van der Waals surface area (Å²) in [7, 11) is 0. The van der Waals surface area contributed by atoms with Crippen molar-refractivity contribution < 1.29 is 10.2 Å². The van der Waals surface area contributed by atoms with Gasteiger partial charge in [-0.25, -0.2) is 0 Å². The van der Waals surface area contributed by atoms with Crippen LogP contribution >= 0.6 is 11.6 Å². The van der Waals surface area contributed by atoms with Crippen LogP contribution in [0.4, 0.5) is 0 Å². The normalized spacial score (nSPS) is 18.7. The minimum atomic E-state index is -0.369. The molecule has 1 aliphatic heterocycles. The SMILES string of the molecule is Cc1cc(Cl)cc([C@H](N2CCNCC2)C(C)(C)CO)c1O. The first-order valence-electron chi connectivity index (χ1n) is 7.41. The summed E-state index contributed by atoms with van der Waals surface area (Å²) in [6.45, 7) is 9.55. The first-order chi connectivity index (χ1) is 9.86. The molecule has 4 nitrogen and oxygen atoms in total. The van der Waals surface area contributed by atoms with Crippen molar-refractivity contribution in [3.8, 4) is 5.75 Å². The van der Waals surface area contributed by atoms with Crippen molar-refractivity contribution >= 4 is 11.6 Å². The molecule has 0 aliphatic carbocycles. The number of aromatic hydroxyl groups is 1. The summed E-state index contributed by atoms with van der Waals surface area (Å²) in [5.74, 6) is 0.282. The van der Waals surface area contributed by atoms with Crippen molar-refractivity contribution in [1.29, 1.82) is 0 Å². The number of aryl methyl sites for hydroxylation is 1. The standard InChI is InChI=1S/C16H25ClN2O2/c1-11-8-12(17)9-13(14(11)21)15(16(2,3)10-20)19-6-4-18-5-7-19/h8-9,15,18,20-21H,4-7,10H2,1-3H3/t15-/m0/s1. The first kappa shape index (κ1) is 16.6. The van der Waals surface area contributed by atoms with Gasteiger partial charge in [-0.05, 0) is 24.6 Å². The Morgan fingerprint density at radius 2 is 1.95 bits per heavy atom. The molecule has 3 N–H and O–H groups in total. The summed E-state index contributed by atoms with van der Waals surface area (Å²) in [6.07, 6.45) is 0. The van der Waals surface area contributed by atoms with Gasteiger partial charge in [-0.1, -0.05) is 25.4 Å². The molecule has 21 heavy (non-hydrogen) atoms. The van der Waals surface area contributed by atoms with Crippen LogP contribution in [-0.2, 0) is 0 Å². The van der Waals surface area contributed by atoms with Crippen LogP contribution in [0.25, 0.3) is 0 Å². The van der Waals surface area contributed by atoms with E-state index in [2.05, 4.69) is 10.2 Å². The van der Waals surface area contributed by atoms with Crippen LogP contribution in [0.15, 0.2) is 12.1 Å². The van der Waals surface area contributed by atoms with Crippen molar-refractivity contribution in [3.05, 3.63) is 28.3 Å². The maximum absolute atomic E-state index is 10.5. The van der Waals surface area contributed by atoms with E-state index in [4.69, 9.17) is 11.6 Å². The van der Waals surface area contributed by atoms with Gasteiger partial charge in [0.1, 0.15) is 5.75 Å². The van der Waals surface area contributed by atoms with Gasteiger partial charge in [0.05, 0.1) is 0 Å². The van der Waals surface area contributed by atoms with Crippen LogP contribution in [0.1, 0.15) is 31.0 Å². The van der Waals surface area contributed by atoms with E-state index in [1.807, 2.05) is 26.8 Å². The van der Waals surface area contributed by atoms with Gasteiger partial charge >= 0.3 is 0 Å². The monoisotopic (exact) mass is 312 g/mol. The number of hydrogen-bond acceptors (Lipinski definition) is 4. The van der Waals surface area contributed by atoms with Crippen LogP contribution in [0, 0.1) is 12.3 Å². The highest BCUT2D eigenvalue weighted by Crippen LogP contribution is 2.43. The van der Waals surface area contributed by atoms with Gasteiger partial charge in [0, 0.05) is 54.8 Å². The molecule has 0 spiro atoms. The molecule has 1 atom stereocenters. The van der Waals surface area contributed by atoms with E-state index in [0.717, 1.165) is 37.3 Å². The Hall–Kier alpha value is -0.810. The quantitative estimate of drug-likeness (QED) is 0.798. The third-order valence-corrected chi connectivity index (χ3v) is 4.47. The van der Waals surface area contributed by atoms with Crippen molar-refractivity contribution in [3.63, 3.8) is 0 Å². The molecule has 0 amide bonds. The Labute approximate surface area is 131 Å². The van der Waals surface area contributed by atoms with E-state index in [1.165, 1.54) is 0 Å². The molecule has 0 aromatic heterocycles. The summed E-state index contributed by atoms with van der Waals surface area (Å²) in [6, 6.07) is 3.52. The van der Waals surface area contributed by atoms with E-state index in [-0.39, 0.29) is 23.8 Å². The number of aliphatic hydroxyl groups is 1. The van der Waals surface area contributed by atoms with Gasteiger partial charge in [0.25, 0.3) is 0 Å². The lowest BCUT2D eigenvalue weighted by molar-refractivity contribution is 0.0292. The predicted octanol–water partition coefficient (Wildman–Crippen LogP) is 2.32. The van der Waals surface area contributed by atoms with Gasteiger partial charge in [-0.3, -0.25) is 4.90 Å². The summed E-state index contributed by atoms with van der Waals surface area (Å²) in [5, 5.41) is 24.3. The Kier molecular flexibility index (Phi) is 5.15. The number of phenolic OH excluding ortho intramolecular Hbond substituents is 1. The third kappa shape index (κ3) is 3.51. The van der Waals surface area contributed by atoms with Crippen LogP contribution < -0.4 is 5.32 Å². The molecule has 0 bridgehead atoms. The second-order valence-electron chi connectivity index (χ2n) is 6.50. The molecule has 1 aromatic carbocycles. The highest BCUT2D eigenvalue weighted by atomic mass is 35.5. The molecule has 0 saturated carbocycles. The number of piperazine rings is 1. The predicted molar refractivity (Wildman–Crippen MR) is 85.9 cm³/mol. The van der Waals surface area contributed by atoms with Crippen LogP contribution in [-0.4, -0.2) is 47.9 Å². The zero-order valence-electron chi connectivity index (χ0n) is 13.0. The van der Waals surface area contributed by atoms with Crippen molar-refractivity contribution in [2.45, 2.75) is 26.8 Å². The molecule has 1 fully saturated rings. The molecule has 1 aliphatic rings.